The van der Waals surface area contributed by atoms with Crippen molar-refractivity contribution in [1.29, 1.82) is 0 Å². The molecule has 0 aliphatic rings. The second-order valence-electron chi connectivity index (χ2n) is 4.50. The highest BCUT2D eigenvalue weighted by molar-refractivity contribution is 7.98. The Kier molecular flexibility index (Phi) is 2.95. The maximum absolute atomic E-state index is 6.05. The molecule has 1 heterocycles. The van der Waals surface area contributed by atoms with Crippen LogP contribution in [-0.2, 0) is 0 Å². The molecule has 1 aromatic heterocycles. The zero-order valence-electron chi connectivity index (χ0n) is 10.9. The zero-order valence-corrected chi connectivity index (χ0v) is 11.7. The lowest BCUT2D eigenvalue weighted by Gasteiger charge is -2.07. The van der Waals surface area contributed by atoms with E-state index in [9.17, 15) is 0 Å². The number of benzene rings is 2. The third kappa shape index (κ3) is 2.08. The highest BCUT2D eigenvalue weighted by Crippen LogP contribution is 2.25. The Labute approximate surface area is 116 Å². The van der Waals surface area contributed by atoms with Crippen LogP contribution in [-0.4, -0.2) is 15.8 Å². The number of hydrogen-bond donors (Lipinski definition) is 1. The van der Waals surface area contributed by atoms with Gasteiger partial charge >= 0.3 is 0 Å². The molecule has 0 atom stereocenters. The molecule has 0 aliphatic heterocycles. The molecule has 3 nitrogen and oxygen atoms in total. The summed E-state index contributed by atoms with van der Waals surface area (Å²) >= 11 is 1.73. The van der Waals surface area contributed by atoms with Gasteiger partial charge in [-0.3, -0.25) is 4.57 Å². The summed E-state index contributed by atoms with van der Waals surface area (Å²) in [6, 6.07) is 14.5. The van der Waals surface area contributed by atoms with E-state index in [4.69, 9.17) is 5.73 Å². The number of rotatable bonds is 2. The largest absolute Gasteiger partial charge is 0.369 e. The third-order valence-corrected chi connectivity index (χ3v) is 3.91. The van der Waals surface area contributed by atoms with Crippen molar-refractivity contribution >= 4 is 28.7 Å². The van der Waals surface area contributed by atoms with Crippen LogP contribution in [0.1, 0.15) is 5.56 Å². The number of fused-ring (bicyclic) bond motifs is 1. The molecule has 4 heteroatoms. The van der Waals surface area contributed by atoms with E-state index in [1.807, 2.05) is 4.57 Å². The van der Waals surface area contributed by atoms with Gasteiger partial charge in [-0.2, -0.15) is 0 Å². The van der Waals surface area contributed by atoms with Crippen LogP contribution in [0.4, 0.5) is 5.95 Å². The Morgan fingerprint density at radius 1 is 1.11 bits per heavy atom. The molecule has 0 aliphatic carbocycles. The van der Waals surface area contributed by atoms with Crippen LogP contribution in [0, 0.1) is 6.92 Å². The second-order valence-corrected chi connectivity index (χ2v) is 5.38. The Bertz CT molecular complexity index is 729. The van der Waals surface area contributed by atoms with Crippen molar-refractivity contribution in [1.82, 2.24) is 9.55 Å². The fourth-order valence-corrected chi connectivity index (χ4v) is 2.62. The van der Waals surface area contributed by atoms with E-state index in [1.54, 1.807) is 11.8 Å². The van der Waals surface area contributed by atoms with E-state index < -0.39 is 0 Å². The first-order chi connectivity index (χ1) is 9.19. The lowest BCUT2D eigenvalue weighted by atomic mass is 10.2. The molecule has 0 spiro atoms. The van der Waals surface area contributed by atoms with Crippen molar-refractivity contribution in [2.24, 2.45) is 0 Å². The van der Waals surface area contributed by atoms with Gasteiger partial charge < -0.3 is 5.73 Å². The van der Waals surface area contributed by atoms with Crippen molar-refractivity contribution in [2.45, 2.75) is 11.8 Å². The van der Waals surface area contributed by atoms with Gasteiger partial charge in [0.05, 0.1) is 11.0 Å². The van der Waals surface area contributed by atoms with E-state index in [0.717, 1.165) is 16.7 Å². The minimum Gasteiger partial charge on any atom is -0.369 e. The summed E-state index contributed by atoms with van der Waals surface area (Å²) < 4.78 is 1.98. The van der Waals surface area contributed by atoms with Crippen LogP contribution >= 0.6 is 11.8 Å². The van der Waals surface area contributed by atoms with Gasteiger partial charge in [-0.15, -0.1) is 11.8 Å². The molecule has 0 fully saturated rings. The first-order valence-corrected chi connectivity index (χ1v) is 7.30. The van der Waals surface area contributed by atoms with E-state index in [-0.39, 0.29) is 0 Å². The molecule has 19 heavy (non-hydrogen) atoms. The van der Waals surface area contributed by atoms with Gasteiger partial charge in [0, 0.05) is 10.6 Å². The third-order valence-electron chi connectivity index (χ3n) is 3.17. The van der Waals surface area contributed by atoms with Crippen molar-refractivity contribution in [3.05, 3.63) is 48.0 Å². The predicted molar refractivity (Wildman–Crippen MR) is 82.0 cm³/mol. The van der Waals surface area contributed by atoms with Crippen LogP contribution in [0.3, 0.4) is 0 Å². The lowest BCUT2D eigenvalue weighted by molar-refractivity contribution is 1.10. The molecule has 0 amide bonds. The molecule has 2 aromatic carbocycles. The summed E-state index contributed by atoms with van der Waals surface area (Å²) in [6.45, 7) is 2.06. The molecule has 96 valence electrons. The van der Waals surface area contributed by atoms with Crippen LogP contribution < -0.4 is 5.73 Å². The van der Waals surface area contributed by atoms with Crippen LogP contribution in [0.25, 0.3) is 16.7 Å². The molecule has 0 saturated heterocycles. The Morgan fingerprint density at radius 3 is 2.53 bits per heavy atom. The summed E-state index contributed by atoms with van der Waals surface area (Å²) in [5, 5.41) is 0. The number of nitrogens with two attached hydrogens (primary N) is 1. The highest BCUT2D eigenvalue weighted by atomic mass is 32.2. The van der Waals surface area contributed by atoms with Gasteiger partial charge in [0.25, 0.3) is 0 Å². The lowest BCUT2D eigenvalue weighted by Crippen LogP contribution is -2.00. The van der Waals surface area contributed by atoms with Crippen molar-refractivity contribution in [2.75, 3.05) is 12.0 Å². The molecular formula is C15H15N3S. The number of imidazole rings is 1. The summed E-state index contributed by atoms with van der Waals surface area (Å²) in [6.07, 6.45) is 2.07. The standard InChI is InChI=1S/C15H15N3S/c1-10-3-8-14-13(9-10)17-15(16)18(14)11-4-6-12(19-2)7-5-11/h3-9H,1-2H3,(H2,16,17). The quantitative estimate of drug-likeness (QED) is 0.722. The van der Waals surface area contributed by atoms with Gasteiger partial charge in [-0.1, -0.05) is 6.07 Å². The Morgan fingerprint density at radius 2 is 1.84 bits per heavy atom. The van der Waals surface area contributed by atoms with Crippen LogP contribution in [0.2, 0.25) is 0 Å². The summed E-state index contributed by atoms with van der Waals surface area (Å²) in [5.74, 6) is 0.525. The second kappa shape index (κ2) is 4.63. The maximum atomic E-state index is 6.05. The topological polar surface area (TPSA) is 43.8 Å². The first kappa shape index (κ1) is 12.1. The van der Waals surface area contributed by atoms with Crippen LogP contribution in [0.15, 0.2) is 47.4 Å². The van der Waals surface area contributed by atoms with Crippen molar-refractivity contribution < 1.29 is 0 Å². The van der Waals surface area contributed by atoms with E-state index in [0.29, 0.717) is 5.95 Å². The highest BCUT2D eigenvalue weighted by Gasteiger charge is 2.09. The molecule has 3 rings (SSSR count). The van der Waals surface area contributed by atoms with Crippen molar-refractivity contribution in [3.63, 3.8) is 0 Å². The van der Waals surface area contributed by atoms with Gasteiger partial charge in [0.2, 0.25) is 5.95 Å². The minimum atomic E-state index is 0.525. The Balaban J connectivity index is 2.20. The predicted octanol–water partition coefficient (Wildman–Crippen LogP) is 3.64. The SMILES string of the molecule is CSc1ccc(-n2c(N)nc3cc(C)ccc32)cc1. The molecule has 0 saturated carbocycles. The summed E-state index contributed by atoms with van der Waals surface area (Å²) in [4.78, 5) is 5.67. The average Bonchev–Trinajstić information content (AvgIpc) is 2.74. The number of nitrogens with zero attached hydrogens (tertiary/aromatic N) is 2. The molecule has 0 bridgehead atoms. The monoisotopic (exact) mass is 269 g/mol. The van der Waals surface area contributed by atoms with E-state index >= 15 is 0 Å². The molecular weight excluding hydrogens is 254 g/mol. The van der Waals surface area contributed by atoms with E-state index in [1.165, 1.54) is 10.5 Å². The smallest absolute Gasteiger partial charge is 0.205 e. The number of hydrogen-bond acceptors (Lipinski definition) is 3. The van der Waals surface area contributed by atoms with Crippen LogP contribution in [0.5, 0.6) is 0 Å². The Hall–Kier alpha value is -1.94. The molecule has 0 unspecified atom stereocenters. The molecule has 2 N–H and O–H groups in total. The number of nitrogen functional groups attached to an aromatic ring is 1. The number of anilines is 1. The van der Waals surface area contributed by atoms with E-state index in [2.05, 4.69) is 60.6 Å². The fourth-order valence-electron chi connectivity index (χ4n) is 2.21. The normalized spacial score (nSPS) is 11.1. The number of thioether (sulfide) groups is 1. The summed E-state index contributed by atoms with van der Waals surface area (Å²) in [5.41, 5.74) is 10.3. The number of aryl methyl sites for hydroxylation is 1. The summed E-state index contributed by atoms with van der Waals surface area (Å²) in [7, 11) is 0. The number of aromatic nitrogens is 2. The molecule has 3 aromatic rings. The first-order valence-electron chi connectivity index (χ1n) is 6.08. The van der Waals surface area contributed by atoms with Gasteiger partial charge in [0.1, 0.15) is 0 Å². The minimum absolute atomic E-state index is 0.525. The van der Waals surface area contributed by atoms with Gasteiger partial charge in [-0.25, -0.2) is 4.98 Å². The van der Waals surface area contributed by atoms with Crippen molar-refractivity contribution in [3.8, 4) is 5.69 Å². The average molecular weight is 269 g/mol. The van der Waals surface area contributed by atoms with Gasteiger partial charge in [-0.05, 0) is 55.1 Å². The fraction of sp³-hybridized carbons (Fsp3) is 0.133. The van der Waals surface area contributed by atoms with Gasteiger partial charge in [0.15, 0.2) is 0 Å². The molecule has 0 radical (unpaired) electrons. The maximum Gasteiger partial charge on any atom is 0.205 e. The zero-order chi connectivity index (χ0) is 13.4.